The van der Waals surface area contributed by atoms with E-state index in [9.17, 15) is 9.59 Å². The van der Waals surface area contributed by atoms with Gasteiger partial charge in [0.2, 0.25) is 5.91 Å². The van der Waals surface area contributed by atoms with Crippen LogP contribution in [0.25, 0.3) is 16.7 Å². The Morgan fingerprint density at radius 2 is 1.96 bits per heavy atom. The molecule has 3 aromatic rings. The fourth-order valence-electron chi connectivity index (χ4n) is 4.02. The number of hydrogen-bond donors (Lipinski definition) is 0. The Morgan fingerprint density at radius 3 is 2.71 bits per heavy atom. The van der Waals surface area contributed by atoms with E-state index in [0.29, 0.717) is 17.0 Å². The summed E-state index contributed by atoms with van der Waals surface area (Å²) in [5.41, 5.74) is 0.825. The average Bonchev–Trinajstić information content (AvgIpc) is 3.15. The van der Waals surface area contributed by atoms with E-state index in [2.05, 4.69) is 22.3 Å². The molecule has 1 aliphatic rings. The third-order valence-electron chi connectivity index (χ3n) is 5.70. The van der Waals surface area contributed by atoms with Gasteiger partial charge in [-0.3, -0.25) is 9.59 Å². The zero-order chi connectivity index (χ0) is 19.7. The fraction of sp³-hybridized carbons (Fsp3) is 0.450. The number of para-hydroxylation sites is 1. The molecule has 1 fully saturated rings. The van der Waals surface area contributed by atoms with E-state index in [1.807, 2.05) is 37.4 Å². The topological polar surface area (TPSA) is 85.9 Å². The lowest BCUT2D eigenvalue weighted by atomic mass is 9.85. The molecular weight excluding hydrogens is 356 g/mol. The van der Waals surface area contributed by atoms with Crippen LogP contribution in [0.5, 0.6) is 0 Å². The molecule has 0 saturated heterocycles. The van der Waals surface area contributed by atoms with Crippen LogP contribution in [-0.2, 0) is 11.3 Å². The lowest BCUT2D eigenvalue weighted by Crippen LogP contribution is -2.45. The summed E-state index contributed by atoms with van der Waals surface area (Å²) in [4.78, 5) is 27.3. The number of nitrogens with zero attached hydrogens (tertiary/aromatic N) is 6. The highest BCUT2D eigenvalue weighted by Crippen LogP contribution is 2.27. The van der Waals surface area contributed by atoms with Crippen molar-refractivity contribution in [3.05, 3.63) is 46.9 Å². The van der Waals surface area contributed by atoms with Gasteiger partial charge in [0.05, 0.1) is 11.9 Å². The van der Waals surface area contributed by atoms with Gasteiger partial charge in [0.15, 0.2) is 5.65 Å². The molecule has 1 aliphatic carbocycles. The predicted molar refractivity (Wildman–Crippen MR) is 105 cm³/mol. The first-order valence-electron chi connectivity index (χ1n) is 9.69. The van der Waals surface area contributed by atoms with Crippen molar-refractivity contribution < 1.29 is 4.79 Å². The highest BCUT2D eigenvalue weighted by Gasteiger charge is 2.28. The first-order valence-corrected chi connectivity index (χ1v) is 9.69. The zero-order valence-electron chi connectivity index (χ0n) is 16.2. The lowest BCUT2D eigenvalue weighted by molar-refractivity contribution is -0.134. The molecule has 0 radical (unpaired) electrons. The van der Waals surface area contributed by atoms with Crippen LogP contribution >= 0.6 is 0 Å². The highest BCUT2D eigenvalue weighted by atomic mass is 16.2. The number of amides is 1. The largest absolute Gasteiger partial charge is 0.341 e. The van der Waals surface area contributed by atoms with E-state index in [1.54, 1.807) is 9.58 Å². The molecule has 0 N–H and O–H groups in total. The van der Waals surface area contributed by atoms with Crippen LogP contribution in [0.1, 0.15) is 32.6 Å². The van der Waals surface area contributed by atoms with Gasteiger partial charge < -0.3 is 4.90 Å². The van der Waals surface area contributed by atoms with Gasteiger partial charge in [-0.25, -0.2) is 9.36 Å². The Hall–Kier alpha value is -3.03. The van der Waals surface area contributed by atoms with Gasteiger partial charge in [0, 0.05) is 13.1 Å². The number of rotatable bonds is 4. The minimum absolute atomic E-state index is 0.113. The van der Waals surface area contributed by atoms with E-state index in [-0.39, 0.29) is 24.1 Å². The van der Waals surface area contributed by atoms with Crippen molar-refractivity contribution in [3.8, 4) is 5.69 Å². The monoisotopic (exact) mass is 380 g/mol. The van der Waals surface area contributed by atoms with Crippen LogP contribution in [0.3, 0.4) is 0 Å². The van der Waals surface area contributed by atoms with Crippen molar-refractivity contribution in [2.45, 2.75) is 45.2 Å². The molecule has 1 saturated carbocycles. The summed E-state index contributed by atoms with van der Waals surface area (Å²) in [5.74, 6) is 0.349. The predicted octanol–water partition coefficient (Wildman–Crippen LogP) is 2.01. The normalized spacial score (nSPS) is 19.6. The first-order chi connectivity index (χ1) is 13.6. The molecule has 8 heteroatoms. The van der Waals surface area contributed by atoms with E-state index < -0.39 is 0 Å². The second-order valence-electron chi connectivity index (χ2n) is 7.52. The zero-order valence-corrected chi connectivity index (χ0v) is 16.2. The fourth-order valence-corrected chi connectivity index (χ4v) is 4.02. The summed E-state index contributed by atoms with van der Waals surface area (Å²) >= 11 is 0. The molecule has 0 aliphatic heterocycles. The van der Waals surface area contributed by atoms with Crippen LogP contribution < -0.4 is 5.56 Å². The third kappa shape index (κ3) is 3.30. The summed E-state index contributed by atoms with van der Waals surface area (Å²) < 4.78 is 2.71. The minimum atomic E-state index is -0.356. The maximum atomic E-state index is 12.8. The van der Waals surface area contributed by atoms with Crippen LogP contribution in [0.4, 0.5) is 0 Å². The highest BCUT2D eigenvalue weighted by molar-refractivity contribution is 5.77. The van der Waals surface area contributed by atoms with Crippen LogP contribution in [0, 0.1) is 5.92 Å². The maximum Gasteiger partial charge on any atom is 0.281 e. The summed E-state index contributed by atoms with van der Waals surface area (Å²) in [7, 11) is 1.82. The molecule has 2 aromatic heterocycles. The molecule has 28 heavy (non-hydrogen) atoms. The molecule has 0 spiro atoms. The van der Waals surface area contributed by atoms with Crippen molar-refractivity contribution in [3.63, 3.8) is 0 Å². The van der Waals surface area contributed by atoms with Gasteiger partial charge in [0.1, 0.15) is 11.9 Å². The Kier molecular flexibility index (Phi) is 4.93. The van der Waals surface area contributed by atoms with Crippen LogP contribution in [-0.4, -0.2) is 48.7 Å². The number of hydrogen-bond acceptors (Lipinski definition) is 5. The minimum Gasteiger partial charge on any atom is -0.341 e. The molecular formula is C20H24N6O2. The maximum absolute atomic E-state index is 12.8. The second kappa shape index (κ2) is 7.53. The van der Waals surface area contributed by atoms with Gasteiger partial charge in [-0.1, -0.05) is 43.2 Å². The average molecular weight is 380 g/mol. The lowest BCUT2D eigenvalue weighted by Gasteiger charge is -2.36. The van der Waals surface area contributed by atoms with Crippen molar-refractivity contribution in [1.29, 1.82) is 0 Å². The number of aromatic nitrogens is 5. The van der Waals surface area contributed by atoms with E-state index in [0.717, 1.165) is 29.6 Å². The summed E-state index contributed by atoms with van der Waals surface area (Å²) in [6.07, 6.45) is 5.97. The quantitative estimate of drug-likeness (QED) is 0.691. The molecule has 0 bridgehead atoms. The van der Waals surface area contributed by atoms with E-state index in [1.165, 1.54) is 12.6 Å². The number of fused-ring (bicyclic) bond motifs is 1. The van der Waals surface area contributed by atoms with Crippen LogP contribution in [0.2, 0.25) is 0 Å². The summed E-state index contributed by atoms with van der Waals surface area (Å²) in [5, 5.41) is 12.8. The SMILES string of the molecule is CC1CCCCC1N(C)C(=O)Cn1nnc2c(cnn2-c2ccccc2)c1=O. The molecule has 2 unspecified atom stereocenters. The Bertz CT molecular complexity index is 1040. The Labute approximate surface area is 162 Å². The Morgan fingerprint density at radius 1 is 1.21 bits per heavy atom. The number of carbonyl (C=O) groups excluding carboxylic acids is 1. The molecule has 1 amide bonds. The summed E-state index contributed by atoms with van der Waals surface area (Å²) in [6.45, 7) is 2.07. The standard InChI is InChI=1S/C20H24N6O2/c1-14-8-6-7-11-17(14)24(2)18(27)13-25-20(28)16-12-21-26(19(16)22-23-25)15-9-4-3-5-10-15/h3-5,9-10,12,14,17H,6-8,11,13H2,1-2H3. The smallest absolute Gasteiger partial charge is 0.281 e. The van der Waals surface area contributed by atoms with Crippen molar-refractivity contribution >= 4 is 16.9 Å². The van der Waals surface area contributed by atoms with E-state index in [4.69, 9.17) is 0 Å². The molecule has 4 rings (SSSR count). The van der Waals surface area contributed by atoms with E-state index >= 15 is 0 Å². The third-order valence-corrected chi connectivity index (χ3v) is 5.70. The van der Waals surface area contributed by atoms with Gasteiger partial charge in [0.25, 0.3) is 5.56 Å². The van der Waals surface area contributed by atoms with Gasteiger partial charge in [-0.2, -0.15) is 5.10 Å². The molecule has 1 aromatic carbocycles. The first kappa shape index (κ1) is 18.3. The molecule has 2 heterocycles. The molecule has 146 valence electrons. The van der Waals surface area contributed by atoms with Crippen molar-refractivity contribution in [1.82, 2.24) is 29.7 Å². The van der Waals surface area contributed by atoms with Crippen molar-refractivity contribution in [2.75, 3.05) is 7.05 Å². The van der Waals surface area contributed by atoms with Gasteiger partial charge >= 0.3 is 0 Å². The second-order valence-corrected chi connectivity index (χ2v) is 7.52. The van der Waals surface area contributed by atoms with Crippen LogP contribution in [0.15, 0.2) is 41.3 Å². The molecule has 2 atom stereocenters. The van der Waals surface area contributed by atoms with Gasteiger partial charge in [-0.15, -0.1) is 5.10 Å². The number of likely N-dealkylation sites (N-methyl/N-ethyl adjacent to an activating group) is 1. The Balaban J connectivity index is 1.59. The van der Waals surface area contributed by atoms with Crippen molar-refractivity contribution in [2.24, 2.45) is 5.92 Å². The summed E-state index contributed by atoms with van der Waals surface area (Å²) in [6, 6.07) is 9.65. The number of carbonyl (C=O) groups is 1. The number of benzene rings is 1. The molecule has 8 nitrogen and oxygen atoms in total. The van der Waals surface area contributed by atoms with Gasteiger partial charge in [-0.05, 0) is 30.9 Å².